The third kappa shape index (κ3) is 3.02. The molecule has 1 aliphatic rings. The number of thiazole rings is 1. The van der Waals surface area contributed by atoms with Crippen molar-refractivity contribution in [2.75, 3.05) is 0 Å². The maximum atomic E-state index is 10.8. The molecule has 0 bridgehead atoms. The van der Waals surface area contributed by atoms with Crippen LogP contribution >= 0.6 is 11.3 Å². The van der Waals surface area contributed by atoms with E-state index in [9.17, 15) is 4.79 Å². The second-order valence-electron chi connectivity index (χ2n) is 4.19. The summed E-state index contributed by atoms with van der Waals surface area (Å²) in [6.07, 6.45) is 5.32. The zero-order valence-corrected chi connectivity index (χ0v) is 9.87. The highest BCUT2D eigenvalue weighted by Gasteiger charge is 2.25. The Labute approximate surface area is 98.7 Å². The topological polar surface area (TPSA) is 62.2 Å². The van der Waals surface area contributed by atoms with E-state index >= 15 is 0 Å². The van der Waals surface area contributed by atoms with Gasteiger partial charge >= 0.3 is 5.97 Å². The van der Waals surface area contributed by atoms with E-state index in [1.807, 2.05) is 11.6 Å². The summed E-state index contributed by atoms with van der Waals surface area (Å²) in [6, 6.07) is 0.458. The average Bonchev–Trinajstić information content (AvgIpc) is 2.80. The first kappa shape index (κ1) is 11.5. The van der Waals surface area contributed by atoms with Crippen molar-refractivity contribution < 1.29 is 9.90 Å². The molecule has 0 spiro atoms. The van der Waals surface area contributed by atoms with Gasteiger partial charge in [0, 0.05) is 24.2 Å². The number of aliphatic carboxylic acids is 1. The first-order valence-corrected chi connectivity index (χ1v) is 6.48. The van der Waals surface area contributed by atoms with E-state index in [4.69, 9.17) is 5.11 Å². The Morgan fingerprint density at radius 2 is 2.25 bits per heavy atom. The molecule has 5 heteroatoms. The molecule has 0 saturated heterocycles. The second-order valence-corrected chi connectivity index (χ2v) is 5.17. The molecule has 1 heterocycles. The number of carboxylic acid groups (broad SMARTS) is 1. The minimum absolute atomic E-state index is 0.127. The molecule has 1 aliphatic carbocycles. The Kier molecular flexibility index (Phi) is 3.90. The summed E-state index contributed by atoms with van der Waals surface area (Å²) in [5, 5.41) is 15.4. The van der Waals surface area contributed by atoms with Gasteiger partial charge in [0.15, 0.2) is 0 Å². The van der Waals surface area contributed by atoms with Crippen molar-refractivity contribution in [1.29, 1.82) is 0 Å². The van der Waals surface area contributed by atoms with Crippen LogP contribution in [-0.2, 0) is 11.3 Å². The van der Waals surface area contributed by atoms with Gasteiger partial charge in [-0.1, -0.05) is 0 Å². The fourth-order valence-corrected chi connectivity index (χ4v) is 2.68. The van der Waals surface area contributed by atoms with Crippen molar-refractivity contribution in [3.63, 3.8) is 0 Å². The highest BCUT2D eigenvalue weighted by atomic mass is 32.1. The zero-order valence-electron chi connectivity index (χ0n) is 9.06. The molecular weight excluding hydrogens is 224 g/mol. The maximum Gasteiger partial charge on any atom is 0.306 e. The number of nitrogens with zero attached hydrogens (tertiary/aromatic N) is 1. The van der Waals surface area contributed by atoms with Gasteiger partial charge in [-0.2, -0.15) is 0 Å². The minimum atomic E-state index is -0.640. The van der Waals surface area contributed by atoms with Gasteiger partial charge in [-0.05, 0) is 25.7 Å². The lowest BCUT2D eigenvalue weighted by Gasteiger charge is -2.26. The van der Waals surface area contributed by atoms with Gasteiger partial charge in [0.25, 0.3) is 0 Å². The summed E-state index contributed by atoms with van der Waals surface area (Å²) in [4.78, 5) is 15.0. The van der Waals surface area contributed by atoms with E-state index in [1.165, 1.54) is 0 Å². The smallest absolute Gasteiger partial charge is 0.306 e. The highest BCUT2D eigenvalue weighted by molar-refractivity contribution is 7.09. The number of carbonyl (C=O) groups is 1. The number of rotatable bonds is 4. The number of aromatic nitrogens is 1. The molecule has 1 aromatic heterocycles. The predicted octanol–water partition coefficient (Wildman–Crippen LogP) is 1.88. The zero-order chi connectivity index (χ0) is 11.4. The molecule has 16 heavy (non-hydrogen) atoms. The van der Waals surface area contributed by atoms with Crippen molar-refractivity contribution in [3.05, 3.63) is 16.6 Å². The molecule has 1 saturated carbocycles. The number of nitrogens with one attached hydrogen (secondary N) is 1. The van der Waals surface area contributed by atoms with Crippen molar-refractivity contribution in [1.82, 2.24) is 10.3 Å². The average molecular weight is 240 g/mol. The molecule has 0 unspecified atom stereocenters. The molecule has 0 radical (unpaired) electrons. The monoisotopic (exact) mass is 240 g/mol. The fraction of sp³-hybridized carbons (Fsp3) is 0.636. The Bertz CT molecular complexity index is 332. The molecule has 0 amide bonds. The van der Waals surface area contributed by atoms with Gasteiger partial charge in [0.2, 0.25) is 0 Å². The van der Waals surface area contributed by atoms with Crippen LogP contribution in [0.5, 0.6) is 0 Å². The summed E-state index contributed by atoms with van der Waals surface area (Å²) in [7, 11) is 0. The minimum Gasteiger partial charge on any atom is -0.481 e. The van der Waals surface area contributed by atoms with E-state index in [0.717, 1.165) is 37.2 Å². The summed E-state index contributed by atoms with van der Waals surface area (Å²) in [5.74, 6) is -0.767. The van der Waals surface area contributed by atoms with Gasteiger partial charge in [0.1, 0.15) is 5.01 Å². The van der Waals surface area contributed by atoms with Crippen LogP contribution in [0.3, 0.4) is 0 Å². The van der Waals surface area contributed by atoms with Crippen LogP contribution in [-0.4, -0.2) is 22.1 Å². The third-order valence-corrected chi connectivity index (χ3v) is 3.88. The Morgan fingerprint density at radius 3 is 2.81 bits per heavy atom. The third-order valence-electron chi connectivity index (χ3n) is 3.10. The molecule has 88 valence electrons. The Balaban J connectivity index is 1.71. The summed E-state index contributed by atoms with van der Waals surface area (Å²) in [6.45, 7) is 0.806. The molecule has 0 atom stereocenters. The predicted molar refractivity (Wildman–Crippen MR) is 62.3 cm³/mol. The van der Waals surface area contributed by atoms with Crippen LogP contribution < -0.4 is 5.32 Å². The normalized spacial score (nSPS) is 25.5. The lowest BCUT2D eigenvalue weighted by molar-refractivity contribution is -0.142. The Hall–Kier alpha value is -0.940. The lowest BCUT2D eigenvalue weighted by Crippen LogP contribution is -2.34. The van der Waals surface area contributed by atoms with Crippen LogP contribution in [0.25, 0.3) is 0 Å². The van der Waals surface area contributed by atoms with Gasteiger partial charge in [-0.25, -0.2) is 4.98 Å². The van der Waals surface area contributed by atoms with Gasteiger partial charge in [-0.3, -0.25) is 4.79 Å². The summed E-state index contributed by atoms with van der Waals surface area (Å²) in [5.41, 5.74) is 0. The van der Waals surface area contributed by atoms with Crippen LogP contribution in [0.4, 0.5) is 0 Å². The van der Waals surface area contributed by atoms with Crippen LogP contribution in [0.15, 0.2) is 11.6 Å². The molecule has 4 nitrogen and oxygen atoms in total. The first-order chi connectivity index (χ1) is 7.75. The number of hydrogen-bond donors (Lipinski definition) is 2. The first-order valence-electron chi connectivity index (χ1n) is 5.60. The molecular formula is C11H16N2O2S. The molecule has 1 aromatic rings. The molecule has 2 rings (SSSR count). The summed E-state index contributed by atoms with van der Waals surface area (Å²) < 4.78 is 0. The van der Waals surface area contributed by atoms with Crippen molar-refractivity contribution in [2.45, 2.75) is 38.3 Å². The molecule has 0 aromatic carbocycles. The van der Waals surface area contributed by atoms with Crippen LogP contribution in [0.2, 0.25) is 0 Å². The van der Waals surface area contributed by atoms with E-state index in [1.54, 1.807) is 11.3 Å². The maximum absolute atomic E-state index is 10.8. The molecule has 2 N–H and O–H groups in total. The largest absolute Gasteiger partial charge is 0.481 e. The van der Waals surface area contributed by atoms with E-state index in [2.05, 4.69) is 10.3 Å². The number of carboxylic acids is 1. The quantitative estimate of drug-likeness (QED) is 0.843. The lowest BCUT2D eigenvalue weighted by atomic mass is 9.86. The van der Waals surface area contributed by atoms with Crippen molar-refractivity contribution in [3.8, 4) is 0 Å². The van der Waals surface area contributed by atoms with Gasteiger partial charge in [-0.15, -0.1) is 11.3 Å². The van der Waals surface area contributed by atoms with Crippen molar-refractivity contribution in [2.24, 2.45) is 5.92 Å². The number of hydrogen-bond acceptors (Lipinski definition) is 4. The SMILES string of the molecule is O=C(O)C1CCC(NCc2nccs2)CC1. The molecule has 0 aliphatic heterocycles. The highest BCUT2D eigenvalue weighted by Crippen LogP contribution is 2.24. The van der Waals surface area contributed by atoms with Gasteiger partial charge < -0.3 is 10.4 Å². The van der Waals surface area contributed by atoms with E-state index in [-0.39, 0.29) is 5.92 Å². The Morgan fingerprint density at radius 1 is 1.50 bits per heavy atom. The van der Waals surface area contributed by atoms with Crippen LogP contribution in [0.1, 0.15) is 30.7 Å². The van der Waals surface area contributed by atoms with E-state index < -0.39 is 5.97 Å². The van der Waals surface area contributed by atoms with Gasteiger partial charge in [0.05, 0.1) is 5.92 Å². The van der Waals surface area contributed by atoms with Crippen LogP contribution in [0, 0.1) is 5.92 Å². The molecule has 1 fully saturated rings. The van der Waals surface area contributed by atoms with Crippen molar-refractivity contribution >= 4 is 17.3 Å². The fourth-order valence-electron chi connectivity index (χ4n) is 2.12. The standard InChI is InChI=1S/C11H16N2O2S/c14-11(15)8-1-3-9(4-2-8)13-7-10-12-5-6-16-10/h5-6,8-9,13H,1-4,7H2,(H,14,15). The summed E-state index contributed by atoms with van der Waals surface area (Å²) >= 11 is 1.65. The van der Waals surface area contributed by atoms with E-state index in [0.29, 0.717) is 6.04 Å². The second kappa shape index (κ2) is 5.41.